The lowest BCUT2D eigenvalue weighted by Gasteiger charge is -2.06. The molecule has 1 heterocycles. The molecule has 2 aromatic rings. The molecule has 0 unspecified atom stereocenters. The van der Waals surface area contributed by atoms with Crippen LogP contribution in [0.25, 0.3) is 10.6 Å². The van der Waals surface area contributed by atoms with Crippen molar-refractivity contribution >= 4 is 11.3 Å². The van der Waals surface area contributed by atoms with Gasteiger partial charge in [-0.3, -0.25) is 0 Å². The smallest absolute Gasteiger partial charge is 0.148 e. The van der Waals surface area contributed by atoms with Crippen LogP contribution in [0.1, 0.15) is 5.01 Å². The van der Waals surface area contributed by atoms with E-state index in [1.165, 1.54) is 0 Å². The van der Waals surface area contributed by atoms with Crippen LogP contribution >= 0.6 is 11.3 Å². The average Bonchev–Trinajstić information content (AvgIpc) is 3.00. The lowest BCUT2D eigenvalue weighted by Crippen LogP contribution is -2.18. The normalized spacial score (nSPS) is 10.6. The predicted octanol–water partition coefficient (Wildman–Crippen LogP) is 1.96. The van der Waals surface area contributed by atoms with Crippen LogP contribution in [0, 0.1) is 0 Å². The summed E-state index contributed by atoms with van der Waals surface area (Å²) < 4.78 is 15.5. The van der Waals surface area contributed by atoms with E-state index in [1.54, 1.807) is 32.7 Å². The van der Waals surface area contributed by atoms with Gasteiger partial charge in [-0.15, -0.1) is 10.2 Å². The summed E-state index contributed by atoms with van der Waals surface area (Å²) in [5, 5.41) is 13.4. The Hall–Kier alpha value is -1.70. The van der Waals surface area contributed by atoms with Crippen molar-refractivity contribution in [2.24, 2.45) is 0 Å². The first kappa shape index (κ1) is 15.7. The highest BCUT2D eigenvalue weighted by molar-refractivity contribution is 7.14. The molecule has 0 amide bonds. The molecule has 0 saturated heterocycles. The van der Waals surface area contributed by atoms with Gasteiger partial charge in [-0.1, -0.05) is 11.3 Å². The van der Waals surface area contributed by atoms with Gasteiger partial charge in [0.15, 0.2) is 0 Å². The number of rotatable bonds is 8. The van der Waals surface area contributed by atoms with Crippen LogP contribution in [0.2, 0.25) is 0 Å². The van der Waals surface area contributed by atoms with Crippen molar-refractivity contribution in [1.29, 1.82) is 0 Å². The Bertz CT molecular complexity index is 552. The molecule has 0 bridgehead atoms. The molecule has 0 fully saturated rings. The fraction of sp³-hybridized carbons (Fsp3) is 0.429. The molecular weight excluding hydrogens is 290 g/mol. The zero-order chi connectivity index (χ0) is 15.1. The molecule has 1 aromatic heterocycles. The Morgan fingerprint density at radius 2 is 1.76 bits per heavy atom. The molecule has 0 aliphatic carbocycles. The monoisotopic (exact) mass is 309 g/mol. The largest absolute Gasteiger partial charge is 0.497 e. The van der Waals surface area contributed by atoms with Crippen molar-refractivity contribution in [3.63, 3.8) is 0 Å². The van der Waals surface area contributed by atoms with Crippen molar-refractivity contribution in [1.82, 2.24) is 15.5 Å². The predicted molar refractivity (Wildman–Crippen MR) is 82.0 cm³/mol. The van der Waals surface area contributed by atoms with Crippen molar-refractivity contribution in [2.45, 2.75) is 6.54 Å². The zero-order valence-electron chi connectivity index (χ0n) is 12.4. The van der Waals surface area contributed by atoms with E-state index in [0.717, 1.165) is 33.6 Å². The van der Waals surface area contributed by atoms with Crippen LogP contribution in [0.3, 0.4) is 0 Å². The van der Waals surface area contributed by atoms with Crippen LogP contribution < -0.4 is 14.8 Å². The molecule has 7 heteroatoms. The van der Waals surface area contributed by atoms with Gasteiger partial charge in [0, 0.05) is 31.8 Å². The summed E-state index contributed by atoms with van der Waals surface area (Å²) in [6.07, 6.45) is 0. The maximum absolute atomic E-state index is 5.27. The summed E-state index contributed by atoms with van der Waals surface area (Å²) in [5.41, 5.74) is 0.937. The van der Waals surface area contributed by atoms with E-state index < -0.39 is 0 Å². The van der Waals surface area contributed by atoms with Crippen LogP contribution in [-0.2, 0) is 11.3 Å². The fourth-order valence-electron chi connectivity index (χ4n) is 1.74. The number of nitrogens with zero attached hydrogens (tertiary/aromatic N) is 2. The topological polar surface area (TPSA) is 65.5 Å². The second-order valence-corrected chi connectivity index (χ2v) is 5.33. The highest BCUT2D eigenvalue weighted by atomic mass is 32.1. The molecule has 0 aliphatic rings. The fourth-order valence-corrected chi connectivity index (χ4v) is 2.54. The molecule has 0 spiro atoms. The standard InChI is InChI=1S/C14H19N3O3S/c1-18-5-4-15-9-13-16-17-14(21-13)10-6-11(19-2)8-12(7-10)20-3/h6-8,15H,4-5,9H2,1-3H3. The molecule has 0 radical (unpaired) electrons. The van der Waals surface area contributed by atoms with Gasteiger partial charge in [0.25, 0.3) is 0 Å². The third-order valence-electron chi connectivity index (χ3n) is 2.82. The highest BCUT2D eigenvalue weighted by Crippen LogP contribution is 2.31. The molecule has 0 aliphatic heterocycles. The number of hydrogen-bond donors (Lipinski definition) is 1. The van der Waals surface area contributed by atoms with E-state index in [0.29, 0.717) is 13.2 Å². The van der Waals surface area contributed by atoms with Gasteiger partial charge in [0.1, 0.15) is 21.5 Å². The van der Waals surface area contributed by atoms with Crippen molar-refractivity contribution in [3.05, 3.63) is 23.2 Å². The molecule has 1 aromatic carbocycles. The average molecular weight is 309 g/mol. The Kier molecular flexibility index (Phi) is 5.91. The number of nitrogens with one attached hydrogen (secondary N) is 1. The van der Waals surface area contributed by atoms with Gasteiger partial charge in [-0.25, -0.2) is 0 Å². The van der Waals surface area contributed by atoms with Crippen LogP contribution in [0.5, 0.6) is 11.5 Å². The second kappa shape index (κ2) is 7.92. The summed E-state index contributed by atoms with van der Waals surface area (Å²) in [6.45, 7) is 2.15. The van der Waals surface area contributed by atoms with Gasteiger partial charge in [0.05, 0.1) is 20.8 Å². The Morgan fingerprint density at radius 1 is 1.05 bits per heavy atom. The van der Waals surface area contributed by atoms with E-state index in [9.17, 15) is 0 Å². The SMILES string of the molecule is COCCNCc1nnc(-c2cc(OC)cc(OC)c2)s1. The molecule has 1 N–H and O–H groups in total. The summed E-state index contributed by atoms with van der Waals surface area (Å²) in [5.74, 6) is 1.47. The van der Waals surface area contributed by atoms with Crippen molar-refractivity contribution in [2.75, 3.05) is 34.5 Å². The lowest BCUT2D eigenvalue weighted by atomic mass is 10.2. The summed E-state index contributed by atoms with van der Waals surface area (Å²) in [7, 11) is 4.94. The molecule has 0 saturated carbocycles. The number of hydrogen-bond acceptors (Lipinski definition) is 7. The van der Waals surface area contributed by atoms with Crippen molar-refractivity contribution < 1.29 is 14.2 Å². The maximum Gasteiger partial charge on any atom is 0.148 e. The Balaban J connectivity index is 2.09. The minimum absolute atomic E-state index is 0.679. The van der Waals surface area contributed by atoms with Gasteiger partial charge in [-0.05, 0) is 12.1 Å². The van der Waals surface area contributed by atoms with E-state index in [1.807, 2.05) is 18.2 Å². The maximum atomic E-state index is 5.27. The highest BCUT2D eigenvalue weighted by Gasteiger charge is 2.09. The van der Waals surface area contributed by atoms with Crippen LogP contribution in [0.4, 0.5) is 0 Å². The van der Waals surface area contributed by atoms with Crippen LogP contribution in [0.15, 0.2) is 18.2 Å². The zero-order valence-corrected chi connectivity index (χ0v) is 13.2. The number of aromatic nitrogens is 2. The molecule has 2 rings (SSSR count). The van der Waals surface area contributed by atoms with E-state index in [2.05, 4.69) is 15.5 Å². The lowest BCUT2D eigenvalue weighted by molar-refractivity contribution is 0.199. The summed E-state index contributed by atoms with van der Waals surface area (Å²) in [4.78, 5) is 0. The second-order valence-electron chi connectivity index (χ2n) is 4.27. The number of methoxy groups -OCH3 is 3. The first-order chi connectivity index (χ1) is 10.3. The van der Waals surface area contributed by atoms with Gasteiger partial charge < -0.3 is 19.5 Å². The Labute approximate surface area is 128 Å². The first-order valence-corrected chi connectivity index (χ1v) is 7.34. The van der Waals surface area contributed by atoms with Gasteiger partial charge in [-0.2, -0.15) is 0 Å². The summed E-state index contributed by atoms with van der Waals surface area (Å²) >= 11 is 1.55. The minimum Gasteiger partial charge on any atom is -0.497 e. The van der Waals surface area contributed by atoms with E-state index >= 15 is 0 Å². The third kappa shape index (κ3) is 4.38. The van der Waals surface area contributed by atoms with Gasteiger partial charge in [0.2, 0.25) is 0 Å². The molecule has 0 atom stereocenters. The summed E-state index contributed by atoms with van der Waals surface area (Å²) in [6, 6.07) is 5.67. The molecule has 21 heavy (non-hydrogen) atoms. The third-order valence-corrected chi connectivity index (χ3v) is 3.80. The van der Waals surface area contributed by atoms with E-state index in [-0.39, 0.29) is 0 Å². The number of benzene rings is 1. The van der Waals surface area contributed by atoms with Gasteiger partial charge >= 0.3 is 0 Å². The Morgan fingerprint density at radius 3 is 2.38 bits per heavy atom. The van der Waals surface area contributed by atoms with Crippen molar-refractivity contribution in [3.8, 4) is 22.1 Å². The minimum atomic E-state index is 0.679. The molecule has 114 valence electrons. The quantitative estimate of drug-likeness (QED) is 0.752. The number of ether oxygens (including phenoxy) is 3. The van der Waals surface area contributed by atoms with Crippen LogP contribution in [-0.4, -0.2) is 44.7 Å². The molecule has 6 nitrogen and oxygen atoms in total. The first-order valence-electron chi connectivity index (χ1n) is 6.52. The molecular formula is C14H19N3O3S. The van der Waals surface area contributed by atoms with E-state index in [4.69, 9.17) is 14.2 Å².